The maximum absolute atomic E-state index is 12.0. The summed E-state index contributed by atoms with van der Waals surface area (Å²) in [6, 6.07) is 16.9. The van der Waals surface area contributed by atoms with E-state index in [-0.39, 0.29) is 6.03 Å². The highest BCUT2D eigenvalue weighted by atomic mass is 16.5. The van der Waals surface area contributed by atoms with Gasteiger partial charge in [-0.15, -0.1) is 0 Å². The lowest BCUT2D eigenvalue weighted by molar-refractivity contribution is 0.251. The molecule has 0 heterocycles. The lowest BCUT2D eigenvalue weighted by Gasteiger charge is -2.13. The normalized spacial score (nSPS) is 10.2. The van der Waals surface area contributed by atoms with Crippen LogP contribution in [0.2, 0.25) is 0 Å². The van der Waals surface area contributed by atoms with Crippen molar-refractivity contribution >= 4 is 11.7 Å². The molecule has 2 aromatic carbocycles. The van der Waals surface area contributed by atoms with Crippen molar-refractivity contribution in [2.45, 2.75) is 33.3 Å². The Balaban J connectivity index is 1.91. The van der Waals surface area contributed by atoms with Gasteiger partial charge in [0.1, 0.15) is 12.4 Å². The molecule has 2 N–H and O–H groups in total. The molecule has 0 fully saturated rings. The molecule has 5 heteroatoms. The third kappa shape index (κ3) is 6.48. The zero-order chi connectivity index (χ0) is 18.8. The van der Waals surface area contributed by atoms with Crippen LogP contribution in [-0.2, 0) is 13.0 Å². The molecule has 0 aliphatic rings. The van der Waals surface area contributed by atoms with Gasteiger partial charge in [-0.2, -0.15) is 5.26 Å². The number of urea groups is 1. The van der Waals surface area contributed by atoms with Gasteiger partial charge in [-0.1, -0.05) is 44.2 Å². The lowest BCUT2D eigenvalue weighted by atomic mass is 10.1. The first kappa shape index (κ1) is 19.3. The molecular formula is C21H25N3O2. The first-order valence-electron chi connectivity index (χ1n) is 8.80. The largest absolute Gasteiger partial charge is 0.489 e. The standard InChI is InChI=1S/C21H25N3O2/c1-16(2)12-14-23-21(25)24-20-6-4-3-5-18(20)15-26-19-9-7-17(8-10-19)11-13-22/h3-10,16H,11-12,14-15H2,1-2H3,(H2,23,24,25). The number of carbonyl (C=O) groups is 1. The van der Waals surface area contributed by atoms with Gasteiger partial charge in [0.25, 0.3) is 0 Å². The Hall–Kier alpha value is -3.00. The van der Waals surface area contributed by atoms with Crippen LogP contribution in [0.1, 0.15) is 31.4 Å². The first-order chi connectivity index (χ1) is 12.6. The Bertz CT molecular complexity index is 749. The van der Waals surface area contributed by atoms with Gasteiger partial charge in [0.15, 0.2) is 0 Å². The number of carbonyl (C=O) groups excluding carboxylic acids is 1. The summed E-state index contributed by atoms with van der Waals surface area (Å²) in [4.78, 5) is 12.0. The Morgan fingerprint density at radius 2 is 1.88 bits per heavy atom. The van der Waals surface area contributed by atoms with Gasteiger partial charge in [0, 0.05) is 17.8 Å². The van der Waals surface area contributed by atoms with Crippen molar-refractivity contribution in [3.05, 3.63) is 59.7 Å². The van der Waals surface area contributed by atoms with Gasteiger partial charge in [-0.05, 0) is 36.1 Å². The predicted octanol–water partition coefficient (Wildman–Crippen LogP) is 4.50. The molecule has 0 spiro atoms. The van der Waals surface area contributed by atoms with Crippen molar-refractivity contribution in [1.29, 1.82) is 5.26 Å². The van der Waals surface area contributed by atoms with Crippen molar-refractivity contribution in [3.63, 3.8) is 0 Å². The van der Waals surface area contributed by atoms with Crippen molar-refractivity contribution in [2.24, 2.45) is 5.92 Å². The fraction of sp³-hybridized carbons (Fsp3) is 0.333. The quantitative estimate of drug-likeness (QED) is 0.735. The summed E-state index contributed by atoms with van der Waals surface area (Å²) >= 11 is 0. The Morgan fingerprint density at radius 3 is 2.58 bits per heavy atom. The van der Waals surface area contributed by atoms with Crippen LogP contribution in [0.25, 0.3) is 0 Å². The van der Waals surface area contributed by atoms with E-state index in [4.69, 9.17) is 10.00 Å². The topological polar surface area (TPSA) is 74.2 Å². The number of benzene rings is 2. The van der Waals surface area contributed by atoms with E-state index in [0.717, 1.165) is 29.0 Å². The van der Waals surface area contributed by atoms with Crippen molar-refractivity contribution in [1.82, 2.24) is 5.32 Å². The molecule has 0 atom stereocenters. The number of rotatable bonds is 8. The number of anilines is 1. The molecule has 2 amide bonds. The summed E-state index contributed by atoms with van der Waals surface area (Å²) in [5.74, 6) is 1.28. The molecular weight excluding hydrogens is 326 g/mol. The third-order valence-corrected chi connectivity index (χ3v) is 3.87. The van der Waals surface area contributed by atoms with Crippen LogP contribution in [0.4, 0.5) is 10.5 Å². The summed E-state index contributed by atoms with van der Waals surface area (Å²) < 4.78 is 5.81. The summed E-state index contributed by atoms with van der Waals surface area (Å²) in [7, 11) is 0. The number of ether oxygens (including phenoxy) is 1. The summed E-state index contributed by atoms with van der Waals surface area (Å²) in [6.07, 6.45) is 1.33. The van der Waals surface area contributed by atoms with Crippen LogP contribution < -0.4 is 15.4 Å². The number of para-hydroxylation sites is 1. The highest BCUT2D eigenvalue weighted by molar-refractivity contribution is 5.90. The minimum atomic E-state index is -0.209. The SMILES string of the molecule is CC(C)CCNC(=O)Nc1ccccc1COc1ccc(CC#N)cc1. The smallest absolute Gasteiger partial charge is 0.319 e. The van der Waals surface area contributed by atoms with Gasteiger partial charge in [0.05, 0.1) is 12.5 Å². The van der Waals surface area contributed by atoms with Gasteiger partial charge in [0.2, 0.25) is 0 Å². The highest BCUT2D eigenvalue weighted by Gasteiger charge is 2.07. The van der Waals surface area contributed by atoms with E-state index in [0.29, 0.717) is 25.5 Å². The molecule has 0 aliphatic carbocycles. The number of hydrogen-bond donors (Lipinski definition) is 2. The molecule has 0 aliphatic heterocycles. The van der Waals surface area contributed by atoms with Crippen LogP contribution in [-0.4, -0.2) is 12.6 Å². The lowest BCUT2D eigenvalue weighted by Crippen LogP contribution is -2.30. The molecule has 2 aromatic rings. The molecule has 2 rings (SSSR count). The van der Waals surface area contributed by atoms with Crippen molar-refractivity contribution in [3.8, 4) is 11.8 Å². The molecule has 0 radical (unpaired) electrons. The van der Waals surface area contributed by atoms with Gasteiger partial charge >= 0.3 is 6.03 Å². The Labute approximate surface area is 155 Å². The van der Waals surface area contributed by atoms with E-state index in [1.807, 2.05) is 48.5 Å². The van der Waals surface area contributed by atoms with E-state index < -0.39 is 0 Å². The van der Waals surface area contributed by atoms with Crippen molar-refractivity contribution < 1.29 is 9.53 Å². The average molecular weight is 351 g/mol. The van der Waals surface area contributed by atoms with Gasteiger partial charge in [-0.3, -0.25) is 0 Å². The van der Waals surface area contributed by atoms with E-state index in [2.05, 4.69) is 30.6 Å². The second-order valence-electron chi connectivity index (χ2n) is 6.49. The van der Waals surface area contributed by atoms with Crippen LogP contribution in [0.15, 0.2) is 48.5 Å². The third-order valence-electron chi connectivity index (χ3n) is 3.87. The summed E-state index contributed by atoms with van der Waals surface area (Å²) in [5, 5.41) is 14.4. The maximum Gasteiger partial charge on any atom is 0.319 e. The number of amides is 2. The monoisotopic (exact) mass is 351 g/mol. The molecule has 5 nitrogen and oxygen atoms in total. The van der Waals surface area contributed by atoms with Crippen LogP contribution in [0.3, 0.4) is 0 Å². The average Bonchev–Trinajstić information content (AvgIpc) is 2.62. The molecule has 0 aromatic heterocycles. The second kappa shape index (κ2) is 10.1. The zero-order valence-electron chi connectivity index (χ0n) is 15.3. The minimum Gasteiger partial charge on any atom is -0.489 e. The predicted molar refractivity (Wildman–Crippen MR) is 103 cm³/mol. The van der Waals surface area contributed by atoms with E-state index in [1.165, 1.54) is 0 Å². The molecule has 0 saturated heterocycles. The van der Waals surface area contributed by atoms with Crippen molar-refractivity contribution in [2.75, 3.05) is 11.9 Å². The fourth-order valence-electron chi connectivity index (χ4n) is 2.36. The summed E-state index contributed by atoms with van der Waals surface area (Å²) in [5.41, 5.74) is 2.59. The van der Waals surface area contributed by atoms with Crippen LogP contribution in [0.5, 0.6) is 5.75 Å². The highest BCUT2D eigenvalue weighted by Crippen LogP contribution is 2.19. The van der Waals surface area contributed by atoms with Crippen LogP contribution >= 0.6 is 0 Å². The molecule has 0 saturated carbocycles. The number of nitrogens with zero attached hydrogens (tertiary/aromatic N) is 1. The van der Waals surface area contributed by atoms with Gasteiger partial charge < -0.3 is 15.4 Å². The number of nitriles is 1. The maximum atomic E-state index is 12.0. The van der Waals surface area contributed by atoms with E-state index in [1.54, 1.807) is 0 Å². The second-order valence-corrected chi connectivity index (χ2v) is 6.49. The number of nitrogens with one attached hydrogen (secondary N) is 2. The Morgan fingerprint density at radius 1 is 1.15 bits per heavy atom. The Kier molecular flexibility index (Phi) is 7.50. The molecule has 0 unspecified atom stereocenters. The molecule has 26 heavy (non-hydrogen) atoms. The fourth-order valence-corrected chi connectivity index (χ4v) is 2.36. The van der Waals surface area contributed by atoms with Crippen LogP contribution in [0, 0.1) is 17.2 Å². The van der Waals surface area contributed by atoms with Gasteiger partial charge in [-0.25, -0.2) is 4.79 Å². The van der Waals surface area contributed by atoms with E-state index >= 15 is 0 Å². The zero-order valence-corrected chi connectivity index (χ0v) is 15.3. The molecule has 0 bridgehead atoms. The molecule has 136 valence electrons. The van der Waals surface area contributed by atoms with E-state index in [9.17, 15) is 4.79 Å². The number of hydrogen-bond acceptors (Lipinski definition) is 3. The summed E-state index contributed by atoms with van der Waals surface area (Å²) in [6.45, 7) is 5.25. The first-order valence-corrected chi connectivity index (χ1v) is 8.80. The minimum absolute atomic E-state index is 0.209.